The molecule has 0 aromatic heterocycles. The second-order valence-electron chi connectivity index (χ2n) is 4.27. The van der Waals surface area contributed by atoms with Crippen molar-refractivity contribution in [3.05, 3.63) is 24.3 Å². The third-order valence-electron chi connectivity index (χ3n) is 2.68. The van der Waals surface area contributed by atoms with Crippen LogP contribution in [0.15, 0.2) is 24.3 Å². The molecule has 7 nitrogen and oxygen atoms in total. The molecule has 0 fully saturated rings. The van der Waals surface area contributed by atoms with Gasteiger partial charge in [-0.3, -0.25) is 4.79 Å². The molecule has 0 saturated carbocycles. The van der Waals surface area contributed by atoms with E-state index in [1.54, 1.807) is 31.4 Å². The maximum atomic E-state index is 11.4. The van der Waals surface area contributed by atoms with Crippen LogP contribution in [0.5, 0.6) is 11.5 Å². The molecule has 0 radical (unpaired) electrons. The Bertz CT molecular complexity index is 459. The van der Waals surface area contributed by atoms with Gasteiger partial charge in [-0.15, -0.1) is 0 Å². The highest BCUT2D eigenvalue weighted by molar-refractivity contribution is 5.76. The molecule has 1 atom stereocenters. The zero-order chi connectivity index (χ0) is 15.7. The molecule has 0 saturated heterocycles. The van der Waals surface area contributed by atoms with Crippen LogP contribution in [-0.4, -0.2) is 48.5 Å². The molecule has 3 N–H and O–H groups in total. The fourth-order valence-corrected chi connectivity index (χ4v) is 1.49. The van der Waals surface area contributed by atoms with E-state index < -0.39 is 12.1 Å². The van der Waals surface area contributed by atoms with Crippen molar-refractivity contribution >= 4 is 11.9 Å². The summed E-state index contributed by atoms with van der Waals surface area (Å²) >= 11 is 0. The molecule has 116 valence electrons. The van der Waals surface area contributed by atoms with E-state index in [0.29, 0.717) is 5.75 Å². The highest BCUT2D eigenvalue weighted by atomic mass is 16.5. The second kappa shape index (κ2) is 8.80. The summed E-state index contributed by atoms with van der Waals surface area (Å²) in [4.78, 5) is 21.8. The molecule has 1 amide bonds. The van der Waals surface area contributed by atoms with Crippen molar-refractivity contribution in [2.75, 3.05) is 20.3 Å². The van der Waals surface area contributed by atoms with Gasteiger partial charge in [0.2, 0.25) is 5.91 Å². The fraction of sp³-hybridized carbons (Fsp3) is 0.429. The SMILES string of the molecule is COc1ccc(OCCC(=O)NCC[C@H](O)C(=O)O)cc1. The molecule has 7 heteroatoms. The minimum Gasteiger partial charge on any atom is -0.497 e. The summed E-state index contributed by atoms with van der Waals surface area (Å²) in [6.45, 7) is 0.314. The van der Waals surface area contributed by atoms with Crippen molar-refractivity contribution in [2.45, 2.75) is 18.9 Å². The van der Waals surface area contributed by atoms with Crippen molar-refractivity contribution < 1.29 is 29.3 Å². The minimum absolute atomic E-state index is 0.0274. The maximum absolute atomic E-state index is 11.4. The van der Waals surface area contributed by atoms with Crippen LogP contribution < -0.4 is 14.8 Å². The lowest BCUT2D eigenvalue weighted by Gasteiger charge is -2.09. The highest BCUT2D eigenvalue weighted by Crippen LogP contribution is 2.16. The average molecular weight is 297 g/mol. The standard InChI is InChI=1S/C14H19NO6/c1-20-10-2-4-11(5-3-10)21-9-7-13(17)15-8-6-12(16)14(18)19/h2-5,12,16H,6-9H2,1H3,(H,15,17)(H,18,19)/t12-/m0/s1. The van der Waals surface area contributed by atoms with Crippen LogP contribution in [0.25, 0.3) is 0 Å². The van der Waals surface area contributed by atoms with Crippen LogP contribution in [-0.2, 0) is 9.59 Å². The zero-order valence-corrected chi connectivity index (χ0v) is 11.7. The summed E-state index contributed by atoms with van der Waals surface area (Å²) in [7, 11) is 1.57. The number of methoxy groups -OCH3 is 1. The Kier molecular flexibility index (Phi) is 7.03. The minimum atomic E-state index is -1.46. The van der Waals surface area contributed by atoms with Gasteiger partial charge in [0.25, 0.3) is 0 Å². The van der Waals surface area contributed by atoms with Gasteiger partial charge in [-0.25, -0.2) is 4.79 Å². The van der Waals surface area contributed by atoms with E-state index in [0.717, 1.165) is 5.75 Å². The largest absolute Gasteiger partial charge is 0.497 e. The molecule has 0 unspecified atom stereocenters. The Labute approximate surface area is 122 Å². The van der Waals surface area contributed by atoms with Crippen LogP contribution in [0.4, 0.5) is 0 Å². The van der Waals surface area contributed by atoms with Gasteiger partial charge in [0.1, 0.15) is 11.5 Å². The van der Waals surface area contributed by atoms with Crippen molar-refractivity contribution in [3.8, 4) is 11.5 Å². The third-order valence-corrected chi connectivity index (χ3v) is 2.68. The number of hydrogen-bond donors (Lipinski definition) is 3. The first-order valence-corrected chi connectivity index (χ1v) is 6.47. The lowest BCUT2D eigenvalue weighted by molar-refractivity contribution is -0.147. The Morgan fingerprint density at radius 1 is 1.24 bits per heavy atom. The summed E-state index contributed by atoms with van der Waals surface area (Å²) in [5.41, 5.74) is 0. The number of carbonyl (C=O) groups is 2. The summed E-state index contributed by atoms with van der Waals surface area (Å²) in [6, 6.07) is 6.98. The molecular weight excluding hydrogens is 278 g/mol. The number of hydrogen-bond acceptors (Lipinski definition) is 5. The molecule has 1 rings (SSSR count). The number of amides is 1. The van der Waals surface area contributed by atoms with E-state index in [-0.39, 0.29) is 31.9 Å². The van der Waals surface area contributed by atoms with E-state index in [1.165, 1.54) is 0 Å². The molecule has 1 aromatic rings. The van der Waals surface area contributed by atoms with Gasteiger partial charge in [-0.05, 0) is 24.3 Å². The first kappa shape index (κ1) is 16.8. The number of aliphatic hydroxyl groups excluding tert-OH is 1. The van der Waals surface area contributed by atoms with E-state index in [2.05, 4.69) is 5.32 Å². The Morgan fingerprint density at radius 3 is 2.43 bits per heavy atom. The van der Waals surface area contributed by atoms with E-state index in [9.17, 15) is 9.59 Å². The molecule has 21 heavy (non-hydrogen) atoms. The Morgan fingerprint density at radius 2 is 1.86 bits per heavy atom. The summed E-state index contributed by atoms with van der Waals surface area (Å²) in [5.74, 6) is -0.213. The summed E-state index contributed by atoms with van der Waals surface area (Å²) < 4.78 is 10.4. The molecular formula is C14H19NO6. The van der Waals surface area contributed by atoms with Gasteiger partial charge in [0.15, 0.2) is 6.10 Å². The van der Waals surface area contributed by atoms with Gasteiger partial charge in [-0.1, -0.05) is 0 Å². The Hall–Kier alpha value is -2.28. The van der Waals surface area contributed by atoms with Crippen LogP contribution in [0, 0.1) is 0 Å². The zero-order valence-electron chi connectivity index (χ0n) is 11.7. The fourth-order valence-electron chi connectivity index (χ4n) is 1.49. The monoisotopic (exact) mass is 297 g/mol. The predicted octanol–water partition coefficient (Wildman–Crippen LogP) is 0.416. The van der Waals surface area contributed by atoms with Crippen LogP contribution >= 0.6 is 0 Å². The Balaban J connectivity index is 2.16. The number of aliphatic carboxylic acids is 1. The lowest BCUT2D eigenvalue weighted by atomic mass is 10.2. The molecule has 0 heterocycles. The molecule has 0 bridgehead atoms. The molecule has 0 aliphatic carbocycles. The smallest absolute Gasteiger partial charge is 0.332 e. The molecule has 0 aliphatic heterocycles. The normalized spacial score (nSPS) is 11.5. The van der Waals surface area contributed by atoms with Crippen molar-refractivity contribution in [1.82, 2.24) is 5.32 Å². The third kappa shape index (κ3) is 6.62. The lowest BCUT2D eigenvalue weighted by Crippen LogP contribution is -2.30. The predicted molar refractivity (Wildman–Crippen MR) is 74.4 cm³/mol. The second-order valence-corrected chi connectivity index (χ2v) is 4.27. The quantitative estimate of drug-likeness (QED) is 0.610. The van der Waals surface area contributed by atoms with Gasteiger partial charge in [-0.2, -0.15) is 0 Å². The highest BCUT2D eigenvalue weighted by Gasteiger charge is 2.12. The number of aliphatic hydroxyl groups is 1. The topological polar surface area (TPSA) is 105 Å². The van der Waals surface area contributed by atoms with Crippen molar-refractivity contribution in [1.29, 1.82) is 0 Å². The van der Waals surface area contributed by atoms with Crippen LogP contribution in [0.2, 0.25) is 0 Å². The van der Waals surface area contributed by atoms with Crippen molar-refractivity contribution in [3.63, 3.8) is 0 Å². The van der Waals surface area contributed by atoms with E-state index in [4.69, 9.17) is 19.7 Å². The molecule has 0 aliphatic rings. The number of ether oxygens (including phenoxy) is 2. The van der Waals surface area contributed by atoms with Gasteiger partial charge in [0.05, 0.1) is 20.1 Å². The first-order valence-electron chi connectivity index (χ1n) is 6.47. The average Bonchev–Trinajstić information content (AvgIpc) is 2.47. The first-order chi connectivity index (χ1) is 10.0. The van der Waals surface area contributed by atoms with Crippen LogP contribution in [0.3, 0.4) is 0 Å². The molecule has 1 aromatic carbocycles. The number of carboxylic acid groups (broad SMARTS) is 1. The van der Waals surface area contributed by atoms with E-state index in [1.807, 2.05) is 0 Å². The van der Waals surface area contributed by atoms with E-state index >= 15 is 0 Å². The van der Waals surface area contributed by atoms with Gasteiger partial charge < -0.3 is 25.0 Å². The summed E-state index contributed by atoms with van der Waals surface area (Å²) in [5, 5.41) is 20.0. The maximum Gasteiger partial charge on any atom is 0.332 e. The molecule has 0 spiro atoms. The number of carbonyl (C=O) groups excluding carboxylic acids is 1. The van der Waals surface area contributed by atoms with Crippen molar-refractivity contribution in [2.24, 2.45) is 0 Å². The number of benzene rings is 1. The number of carboxylic acids is 1. The van der Waals surface area contributed by atoms with Gasteiger partial charge in [0, 0.05) is 13.0 Å². The summed E-state index contributed by atoms with van der Waals surface area (Å²) in [6.07, 6.45) is -1.34. The number of rotatable bonds is 9. The number of nitrogens with one attached hydrogen (secondary N) is 1. The van der Waals surface area contributed by atoms with Crippen LogP contribution in [0.1, 0.15) is 12.8 Å². The van der Waals surface area contributed by atoms with Gasteiger partial charge >= 0.3 is 5.97 Å².